The van der Waals surface area contributed by atoms with E-state index in [1.165, 1.54) is 31.4 Å². The number of rotatable bonds is 5. The van der Waals surface area contributed by atoms with Gasteiger partial charge in [-0.05, 0) is 37.3 Å². The maximum absolute atomic E-state index is 5.93. The fourth-order valence-corrected chi connectivity index (χ4v) is 3.11. The van der Waals surface area contributed by atoms with Crippen LogP contribution in [0.15, 0.2) is 30.3 Å². The molecule has 0 bridgehead atoms. The summed E-state index contributed by atoms with van der Waals surface area (Å²) in [5.41, 5.74) is 7.38. The highest BCUT2D eigenvalue weighted by Gasteiger charge is 2.30. The molecule has 1 aromatic rings. The number of nitrogens with two attached hydrogens (primary N) is 1. The van der Waals surface area contributed by atoms with Gasteiger partial charge in [-0.25, -0.2) is 0 Å². The van der Waals surface area contributed by atoms with E-state index in [0.29, 0.717) is 18.0 Å². The van der Waals surface area contributed by atoms with E-state index in [9.17, 15) is 0 Å². The molecule has 1 saturated heterocycles. The van der Waals surface area contributed by atoms with Gasteiger partial charge < -0.3 is 5.73 Å². The SMILES string of the molecule is CC(C)CC(c1ccccc1)N1CCCC1CN. The Labute approximate surface area is 111 Å². The van der Waals surface area contributed by atoms with Crippen LogP contribution in [0.3, 0.4) is 0 Å². The summed E-state index contributed by atoms with van der Waals surface area (Å²) in [5, 5.41) is 0. The molecule has 2 nitrogen and oxygen atoms in total. The van der Waals surface area contributed by atoms with E-state index < -0.39 is 0 Å². The lowest BCUT2D eigenvalue weighted by atomic mass is 9.95. The third-order valence-corrected chi connectivity index (χ3v) is 3.97. The van der Waals surface area contributed by atoms with Crippen molar-refractivity contribution in [2.45, 2.75) is 45.2 Å². The molecule has 0 amide bonds. The molecule has 100 valence electrons. The highest BCUT2D eigenvalue weighted by Crippen LogP contribution is 2.33. The van der Waals surface area contributed by atoms with Crippen molar-refractivity contribution in [2.75, 3.05) is 13.1 Å². The van der Waals surface area contributed by atoms with E-state index in [4.69, 9.17) is 5.73 Å². The van der Waals surface area contributed by atoms with Gasteiger partial charge in [-0.15, -0.1) is 0 Å². The molecule has 2 unspecified atom stereocenters. The van der Waals surface area contributed by atoms with Crippen LogP contribution < -0.4 is 5.73 Å². The Hall–Kier alpha value is -0.860. The van der Waals surface area contributed by atoms with E-state index in [-0.39, 0.29) is 0 Å². The number of hydrogen-bond donors (Lipinski definition) is 1. The second kappa shape index (κ2) is 6.35. The lowest BCUT2D eigenvalue weighted by molar-refractivity contribution is 0.162. The average Bonchev–Trinajstić information content (AvgIpc) is 2.85. The summed E-state index contributed by atoms with van der Waals surface area (Å²) in [5.74, 6) is 0.717. The highest BCUT2D eigenvalue weighted by molar-refractivity contribution is 5.19. The summed E-state index contributed by atoms with van der Waals surface area (Å²) in [7, 11) is 0. The quantitative estimate of drug-likeness (QED) is 0.864. The Morgan fingerprint density at radius 1 is 1.28 bits per heavy atom. The van der Waals surface area contributed by atoms with E-state index in [2.05, 4.69) is 49.1 Å². The normalized spacial score (nSPS) is 22.6. The first-order valence-electron chi connectivity index (χ1n) is 7.23. The smallest absolute Gasteiger partial charge is 0.0354 e. The van der Waals surface area contributed by atoms with Crippen LogP contribution in [0.1, 0.15) is 44.7 Å². The summed E-state index contributed by atoms with van der Waals surface area (Å²) < 4.78 is 0. The van der Waals surface area contributed by atoms with Gasteiger partial charge in [0.1, 0.15) is 0 Å². The molecule has 0 radical (unpaired) electrons. The van der Waals surface area contributed by atoms with Gasteiger partial charge >= 0.3 is 0 Å². The maximum Gasteiger partial charge on any atom is 0.0354 e. The summed E-state index contributed by atoms with van der Waals surface area (Å²) >= 11 is 0. The van der Waals surface area contributed by atoms with Crippen molar-refractivity contribution in [2.24, 2.45) is 11.7 Å². The molecule has 1 aliphatic heterocycles. The first kappa shape index (κ1) is 13.6. The molecule has 2 N–H and O–H groups in total. The second-order valence-corrected chi connectivity index (χ2v) is 5.83. The first-order chi connectivity index (χ1) is 8.72. The zero-order valence-corrected chi connectivity index (χ0v) is 11.7. The minimum absolute atomic E-state index is 0.544. The summed E-state index contributed by atoms with van der Waals surface area (Å²) in [4.78, 5) is 2.63. The summed E-state index contributed by atoms with van der Waals surface area (Å²) in [6, 6.07) is 12.0. The van der Waals surface area contributed by atoms with Crippen LogP contribution >= 0.6 is 0 Å². The van der Waals surface area contributed by atoms with Gasteiger partial charge in [-0.1, -0.05) is 44.2 Å². The van der Waals surface area contributed by atoms with Crippen molar-refractivity contribution >= 4 is 0 Å². The third-order valence-electron chi connectivity index (χ3n) is 3.97. The fraction of sp³-hybridized carbons (Fsp3) is 0.625. The number of benzene rings is 1. The van der Waals surface area contributed by atoms with Crippen molar-refractivity contribution in [3.8, 4) is 0 Å². The lowest BCUT2D eigenvalue weighted by Gasteiger charge is -2.34. The molecule has 2 atom stereocenters. The maximum atomic E-state index is 5.93. The largest absolute Gasteiger partial charge is 0.329 e. The Morgan fingerprint density at radius 2 is 2.00 bits per heavy atom. The monoisotopic (exact) mass is 246 g/mol. The van der Waals surface area contributed by atoms with Crippen molar-refractivity contribution in [1.82, 2.24) is 4.90 Å². The molecule has 1 aliphatic rings. The van der Waals surface area contributed by atoms with Gasteiger partial charge in [0, 0.05) is 18.6 Å². The van der Waals surface area contributed by atoms with Crippen LogP contribution in [-0.4, -0.2) is 24.0 Å². The van der Waals surface area contributed by atoms with Crippen molar-refractivity contribution < 1.29 is 0 Å². The van der Waals surface area contributed by atoms with Crippen molar-refractivity contribution in [3.05, 3.63) is 35.9 Å². The molecule has 18 heavy (non-hydrogen) atoms. The average molecular weight is 246 g/mol. The predicted molar refractivity (Wildman–Crippen MR) is 77.4 cm³/mol. The van der Waals surface area contributed by atoms with Crippen LogP contribution in [-0.2, 0) is 0 Å². The molecule has 0 spiro atoms. The van der Waals surface area contributed by atoms with E-state index in [0.717, 1.165) is 6.54 Å². The molecule has 1 heterocycles. The molecule has 0 aliphatic carbocycles. The minimum Gasteiger partial charge on any atom is -0.329 e. The van der Waals surface area contributed by atoms with Gasteiger partial charge in [0.2, 0.25) is 0 Å². The Balaban J connectivity index is 2.19. The molecule has 1 aromatic carbocycles. The van der Waals surface area contributed by atoms with Crippen molar-refractivity contribution in [1.29, 1.82) is 0 Å². The fourth-order valence-electron chi connectivity index (χ4n) is 3.11. The van der Waals surface area contributed by atoms with Gasteiger partial charge in [-0.3, -0.25) is 4.90 Å². The molecule has 2 heteroatoms. The predicted octanol–water partition coefficient (Wildman–Crippen LogP) is 3.20. The van der Waals surface area contributed by atoms with Crippen LogP contribution in [0.4, 0.5) is 0 Å². The summed E-state index contributed by atoms with van der Waals surface area (Å²) in [6.07, 6.45) is 3.78. The molecule has 1 fully saturated rings. The summed E-state index contributed by atoms with van der Waals surface area (Å²) in [6.45, 7) is 6.61. The van der Waals surface area contributed by atoms with Gasteiger partial charge in [0.15, 0.2) is 0 Å². The number of nitrogens with zero attached hydrogens (tertiary/aromatic N) is 1. The molecule has 2 rings (SSSR count). The van der Waals surface area contributed by atoms with Crippen LogP contribution in [0.5, 0.6) is 0 Å². The lowest BCUT2D eigenvalue weighted by Crippen LogP contribution is -2.38. The van der Waals surface area contributed by atoms with Gasteiger partial charge in [0.05, 0.1) is 0 Å². The topological polar surface area (TPSA) is 29.3 Å². The highest BCUT2D eigenvalue weighted by atomic mass is 15.2. The van der Waals surface area contributed by atoms with E-state index in [1.807, 2.05) is 0 Å². The molecule has 0 aromatic heterocycles. The molecular formula is C16H26N2. The zero-order chi connectivity index (χ0) is 13.0. The number of hydrogen-bond acceptors (Lipinski definition) is 2. The molecule has 0 saturated carbocycles. The van der Waals surface area contributed by atoms with Gasteiger partial charge in [0.25, 0.3) is 0 Å². The van der Waals surface area contributed by atoms with Crippen LogP contribution in [0, 0.1) is 5.92 Å². The van der Waals surface area contributed by atoms with E-state index in [1.54, 1.807) is 0 Å². The standard InChI is InChI=1S/C16H26N2/c1-13(2)11-16(14-7-4-3-5-8-14)18-10-6-9-15(18)12-17/h3-5,7-8,13,15-16H,6,9-12,17H2,1-2H3. The van der Waals surface area contributed by atoms with Crippen molar-refractivity contribution in [3.63, 3.8) is 0 Å². The van der Waals surface area contributed by atoms with E-state index >= 15 is 0 Å². The number of likely N-dealkylation sites (tertiary alicyclic amines) is 1. The Kier molecular flexibility index (Phi) is 4.79. The van der Waals surface area contributed by atoms with Crippen LogP contribution in [0.25, 0.3) is 0 Å². The zero-order valence-electron chi connectivity index (χ0n) is 11.7. The van der Waals surface area contributed by atoms with Gasteiger partial charge in [-0.2, -0.15) is 0 Å². The molecular weight excluding hydrogens is 220 g/mol. The first-order valence-corrected chi connectivity index (χ1v) is 7.23. The van der Waals surface area contributed by atoms with Crippen LogP contribution in [0.2, 0.25) is 0 Å². The minimum atomic E-state index is 0.544. The Morgan fingerprint density at radius 3 is 2.61 bits per heavy atom. The third kappa shape index (κ3) is 3.12. The second-order valence-electron chi connectivity index (χ2n) is 5.83. The Bertz CT molecular complexity index is 347.